The number of nitrogens with zero attached hydrogens (tertiary/aromatic N) is 1. The number of rotatable bonds is 3. The van der Waals surface area contributed by atoms with Crippen LogP contribution in [0.2, 0.25) is 0 Å². The van der Waals surface area contributed by atoms with Crippen LogP contribution in [0.15, 0.2) is 24.3 Å². The predicted molar refractivity (Wildman–Crippen MR) is 56.7 cm³/mol. The van der Waals surface area contributed by atoms with Crippen LogP contribution < -0.4 is 5.73 Å². The maximum atomic E-state index is 11.8. The first-order chi connectivity index (χ1) is 8.02. The molecule has 0 aromatic heterocycles. The summed E-state index contributed by atoms with van der Waals surface area (Å²) in [6.45, 7) is 1.37. The van der Waals surface area contributed by atoms with Gasteiger partial charge in [-0.25, -0.2) is 4.84 Å². The summed E-state index contributed by atoms with van der Waals surface area (Å²) in [5, 5.41) is 0.570. The summed E-state index contributed by atoms with van der Waals surface area (Å²) >= 11 is 0. The normalized spacial score (nSPS) is 15.9. The topological polar surface area (TPSA) is 89.7 Å². The second-order valence-electron chi connectivity index (χ2n) is 3.60. The van der Waals surface area contributed by atoms with Crippen molar-refractivity contribution in [3.63, 3.8) is 0 Å². The molecule has 1 unspecified atom stereocenters. The molecule has 2 rings (SSSR count). The van der Waals surface area contributed by atoms with Crippen LogP contribution in [0, 0.1) is 0 Å². The van der Waals surface area contributed by atoms with E-state index in [0.717, 1.165) is 0 Å². The van der Waals surface area contributed by atoms with Crippen LogP contribution >= 0.6 is 0 Å². The number of carbonyl (C=O) groups is 3. The molecule has 1 heterocycles. The number of hydrogen-bond donors (Lipinski definition) is 1. The Morgan fingerprint density at radius 1 is 1.24 bits per heavy atom. The fraction of sp³-hybridized carbons (Fsp3) is 0.182. The average molecular weight is 234 g/mol. The molecule has 0 bridgehead atoms. The smallest absolute Gasteiger partial charge is 0.285 e. The van der Waals surface area contributed by atoms with Crippen molar-refractivity contribution in [1.29, 1.82) is 0 Å². The maximum Gasteiger partial charge on any atom is 0.285 e. The Bertz CT molecular complexity index is 477. The Balaban J connectivity index is 2.27. The van der Waals surface area contributed by atoms with Crippen molar-refractivity contribution in [2.24, 2.45) is 5.73 Å². The molecule has 88 valence electrons. The van der Waals surface area contributed by atoms with Crippen LogP contribution in [0.25, 0.3) is 0 Å². The number of amides is 3. The fourth-order valence-corrected chi connectivity index (χ4v) is 1.47. The van der Waals surface area contributed by atoms with Gasteiger partial charge in [-0.05, 0) is 19.1 Å². The lowest BCUT2D eigenvalue weighted by molar-refractivity contribution is -0.153. The van der Waals surface area contributed by atoms with Crippen molar-refractivity contribution in [2.45, 2.75) is 13.0 Å². The lowest BCUT2D eigenvalue weighted by atomic mass is 10.1. The molecule has 0 saturated heterocycles. The summed E-state index contributed by atoms with van der Waals surface area (Å²) in [6, 6.07) is 6.33. The third kappa shape index (κ3) is 1.78. The Morgan fingerprint density at radius 2 is 1.71 bits per heavy atom. The van der Waals surface area contributed by atoms with Crippen LogP contribution in [0.5, 0.6) is 0 Å². The van der Waals surface area contributed by atoms with Gasteiger partial charge in [0.05, 0.1) is 11.1 Å². The molecule has 17 heavy (non-hydrogen) atoms. The van der Waals surface area contributed by atoms with E-state index in [-0.39, 0.29) is 11.1 Å². The lowest BCUT2D eigenvalue weighted by Gasteiger charge is -2.16. The fourth-order valence-electron chi connectivity index (χ4n) is 1.47. The molecule has 2 N–H and O–H groups in total. The van der Waals surface area contributed by atoms with E-state index in [1.165, 1.54) is 19.1 Å². The highest BCUT2D eigenvalue weighted by Crippen LogP contribution is 2.23. The van der Waals surface area contributed by atoms with Gasteiger partial charge in [-0.1, -0.05) is 12.1 Å². The van der Waals surface area contributed by atoms with E-state index in [9.17, 15) is 14.4 Å². The van der Waals surface area contributed by atoms with Crippen LogP contribution in [-0.2, 0) is 9.63 Å². The third-order valence-electron chi connectivity index (χ3n) is 2.42. The molecule has 0 saturated carbocycles. The number of imide groups is 1. The number of fused-ring (bicyclic) bond motifs is 1. The average Bonchev–Trinajstić information content (AvgIpc) is 2.55. The number of hydrogen-bond acceptors (Lipinski definition) is 4. The Labute approximate surface area is 96.9 Å². The van der Waals surface area contributed by atoms with Crippen LogP contribution in [0.4, 0.5) is 0 Å². The summed E-state index contributed by atoms with van der Waals surface area (Å²) in [4.78, 5) is 39.3. The van der Waals surface area contributed by atoms with Gasteiger partial charge in [-0.3, -0.25) is 14.4 Å². The standard InChI is InChI=1S/C11H10N2O4/c1-6(9(12)14)17-13-10(15)7-4-2-3-5-8(7)11(13)16/h2-6H,1H3,(H2,12,14). The Morgan fingerprint density at radius 3 is 2.12 bits per heavy atom. The van der Waals surface area contributed by atoms with Crippen LogP contribution in [-0.4, -0.2) is 28.9 Å². The van der Waals surface area contributed by atoms with E-state index in [2.05, 4.69) is 0 Å². The van der Waals surface area contributed by atoms with Gasteiger partial charge in [-0.15, -0.1) is 5.06 Å². The predicted octanol–water partition coefficient (Wildman–Crippen LogP) is 0.0880. The zero-order chi connectivity index (χ0) is 12.6. The van der Waals surface area contributed by atoms with E-state index in [4.69, 9.17) is 10.6 Å². The first-order valence-corrected chi connectivity index (χ1v) is 4.96. The van der Waals surface area contributed by atoms with Gasteiger partial charge in [0, 0.05) is 0 Å². The number of carbonyl (C=O) groups excluding carboxylic acids is 3. The minimum absolute atomic E-state index is 0.258. The van der Waals surface area contributed by atoms with Gasteiger partial charge < -0.3 is 5.73 Å². The summed E-state index contributed by atoms with van der Waals surface area (Å²) in [7, 11) is 0. The van der Waals surface area contributed by atoms with E-state index in [0.29, 0.717) is 5.06 Å². The molecule has 6 heteroatoms. The molecule has 0 aliphatic carbocycles. The lowest BCUT2D eigenvalue weighted by Crippen LogP contribution is -2.39. The number of primary amides is 1. The summed E-state index contributed by atoms with van der Waals surface area (Å²) < 4.78 is 0. The first-order valence-electron chi connectivity index (χ1n) is 4.96. The van der Waals surface area contributed by atoms with Crippen molar-refractivity contribution in [1.82, 2.24) is 5.06 Å². The van der Waals surface area contributed by atoms with Gasteiger partial charge in [-0.2, -0.15) is 0 Å². The number of hydroxylamine groups is 2. The Kier molecular flexibility index (Phi) is 2.64. The molecule has 1 aromatic carbocycles. The van der Waals surface area contributed by atoms with E-state index >= 15 is 0 Å². The van der Waals surface area contributed by atoms with Crippen molar-refractivity contribution in [2.75, 3.05) is 0 Å². The second-order valence-corrected chi connectivity index (χ2v) is 3.60. The zero-order valence-corrected chi connectivity index (χ0v) is 9.04. The van der Waals surface area contributed by atoms with Gasteiger partial charge in [0.15, 0.2) is 6.10 Å². The largest absolute Gasteiger partial charge is 0.367 e. The molecule has 0 spiro atoms. The van der Waals surface area contributed by atoms with Gasteiger partial charge >= 0.3 is 0 Å². The molecule has 6 nitrogen and oxygen atoms in total. The highest BCUT2D eigenvalue weighted by atomic mass is 16.7. The molecule has 0 radical (unpaired) electrons. The van der Waals surface area contributed by atoms with Crippen LogP contribution in [0.1, 0.15) is 27.6 Å². The van der Waals surface area contributed by atoms with E-state index in [1.807, 2.05) is 0 Å². The molecule has 1 atom stereocenters. The highest BCUT2D eigenvalue weighted by Gasteiger charge is 2.38. The quantitative estimate of drug-likeness (QED) is 0.750. The SMILES string of the molecule is CC(ON1C(=O)c2ccccc2C1=O)C(N)=O. The third-order valence-corrected chi connectivity index (χ3v) is 2.42. The van der Waals surface area contributed by atoms with Crippen LogP contribution in [0.3, 0.4) is 0 Å². The second kappa shape index (κ2) is 3.99. The molecule has 1 aromatic rings. The van der Waals surface area contributed by atoms with Crippen molar-refractivity contribution >= 4 is 17.7 Å². The van der Waals surface area contributed by atoms with Gasteiger partial charge in [0.25, 0.3) is 11.8 Å². The van der Waals surface area contributed by atoms with E-state index < -0.39 is 23.8 Å². The molecular weight excluding hydrogens is 224 g/mol. The summed E-state index contributed by atoms with van der Waals surface area (Å²) in [5.41, 5.74) is 5.51. The number of nitrogens with two attached hydrogens (primary N) is 1. The van der Waals surface area contributed by atoms with Crippen molar-refractivity contribution < 1.29 is 19.2 Å². The first kappa shape index (κ1) is 11.3. The molecule has 1 aliphatic heterocycles. The molecule has 3 amide bonds. The summed E-state index contributed by atoms with van der Waals surface area (Å²) in [5.74, 6) is -1.92. The molecular formula is C11H10N2O4. The van der Waals surface area contributed by atoms with Gasteiger partial charge in [0.2, 0.25) is 5.91 Å². The zero-order valence-electron chi connectivity index (χ0n) is 9.04. The van der Waals surface area contributed by atoms with Crippen molar-refractivity contribution in [3.05, 3.63) is 35.4 Å². The minimum atomic E-state index is -1.04. The monoisotopic (exact) mass is 234 g/mol. The minimum Gasteiger partial charge on any atom is -0.367 e. The maximum absolute atomic E-state index is 11.8. The molecule has 0 fully saturated rings. The van der Waals surface area contributed by atoms with E-state index in [1.54, 1.807) is 12.1 Å². The molecule has 1 aliphatic rings. The van der Waals surface area contributed by atoms with Gasteiger partial charge in [0.1, 0.15) is 0 Å². The highest BCUT2D eigenvalue weighted by molar-refractivity contribution is 6.20. The van der Waals surface area contributed by atoms with Crippen molar-refractivity contribution in [3.8, 4) is 0 Å². The number of benzene rings is 1. The Hall–Kier alpha value is -2.21. The summed E-state index contributed by atoms with van der Waals surface area (Å²) in [6.07, 6.45) is -1.04.